The van der Waals surface area contributed by atoms with Crippen LogP contribution in [0.1, 0.15) is 5.56 Å². The van der Waals surface area contributed by atoms with Crippen molar-refractivity contribution in [2.24, 2.45) is 0 Å². The van der Waals surface area contributed by atoms with Crippen LogP contribution in [0.15, 0.2) is 30.3 Å². The fourth-order valence-electron chi connectivity index (χ4n) is 0.703. The summed E-state index contributed by atoms with van der Waals surface area (Å²) in [6.45, 7) is 0.662. The monoisotopic (exact) mass is 123 g/mol. The zero-order chi connectivity index (χ0) is 6.53. The van der Waals surface area contributed by atoms with Crippen molar-refractivity contribution in [1.29, 1.82) is 0 Å². The molecule has 0 saturated carbocycles. The van der Waals surface area contributed by atoms with Crippen molar-refractivity contribution < 1.29 is 4.39 Å². The van der Waals surface area contributed by atoms with Crippen LogP contribution in [-0.2, 0) is 6.42 Å². The van der Waals surface area contributed by atoms with Crippen molar-refractivity contribution in [2.75, 3.05) is 0 Å². The van der Waals surface area contributed by atoms with E-state index in [0.717, 1.165) is 5.56 Å². The molecule has 0 unspecified atom stereocenters. The van der Waals surface area contributed by atoms with Gasteiger partial charge in [-0.1, -0.05) is 30.3 Å². The summed E-state index contributed by atoms with van der Waals surface area (Å²) in [5.41, 5.74) is 1.01. The van der Waals surface area contributed by atoms with Crippen LogP contribution in [0.5, 0.6) is 0 Å². The van der Waals surface area contributed by atoms with E-state index in [-0.39, 0.29) is 0 Å². The smallest absolute Gasteiger partial charge is 0.135 e. The quantitative estimate of drug-likeness (QED) is 0.566. The van der Waals surface area contributed by atoms with E-state index in [1.54, 1.807) is 0 Å². The van der Waals surface area contributed by atoms with Crippen LogP contribution >= 0.6 is 0 Å². The Balaban J connectivity index is 2.61. The zero-order valence-electron chi connectivity index (χ0n) is 5.05. The Bertz CT molecular complexity index is 157. The fraction of sp³-hybridized carbons (Fsp3) is 0.125. The maximum absolute atomic E-state index is 11.6. The molecular formula is C8H8F. The fourth-order valence-corrected chi connectivity index (χ4v) is 0.703. The van der Waals surface area contributed by atoms with Gasteiger partial charge in [0, 0.05) is 6.42 Å². The second-order valence-electron chi connectivity index (χ2n) is 1.84. The standard InChI is InChI=1S/C8H8F/c9-7-6-8-4-2-1-3-5-8/h1-5,7H,6H2. The van der Waals surface area contributed by atoms with E-state index in [1.165, 1.54) is 0 Å². The third-order valence-corrected chi connectivity index (χ3v) is 1.16. The van der Waals surface area contributed by atoms with Gasteiger partial charge in [-0.25, -0.2) is 4.39 Å². The second kappa shape index (κ2) is 3.23. The van der Waals surface area contributed by atoms with Gasteiger partial charge in [0.25, 0.3) is 0 Å². The van der Waals surface area contributed by atoms with Crippen molar-refractivity contribution in [1.82, 2.24) is 0 Å². The summed E-state index contributed by atoms with van der Waals surface area (Å²) in [4.78, 5) is 0. The minimum Gasteiger partial charge on any atom is -0.244 e. The minimum atomic E-state index is 0.418. The average Bonchev–Trinajstić information content (AvgIpc) is 1.91. The maximum atomic E-state index is 11.6. The first-order chi connectivity index (χ1) is 4.43. The van der Waals surface area contributed by atoms with Crippen LogP contribution in [0.3, 0.4) is 0 Å². The first-order valence-electron chi connectivity index (χ1n) is 2.89. The molecule has 0 saturated heterocycles. The van der Waals surface area contributed by atoms with Gasteiger partial charge in [0.15, 0.2) is 0 Å². The van der Waals surface area contributed by atoms with Gasteiger partial charge in [-0.2, -0.15) is 0 Å². The molecule has 0 amide bonds. The normalized spacial score (nSPS) is 9.44. The second-order valence-corrected chi connectivity index (χ2v) is 1.84. The number of rotatable bonds is 2. The summed E-state index contributed by atoms with van der Waals surface area (Å²) < 4.78 is 11.6. The molecule has 0 fully saturated rings. The van der Waals surface area contributed by atoms with Crippen LogP contribution in [-0.4, -0.2) is 0 Å². The highest BCUT2D eigenvalue weighted by Crippen LogP contribution is 2.00. The molecule has 0 aliphatic heterocycles. The molecule has 1 heteroatoms. The third kappa shape index (κ3) is 1.84. The van der Waals surface area contributed by atoms with Gasteiger partial charge >= 0.3 is 0 Å². The van der Waals surface area contributed by atoms with Gasteiger partial charge in [0.2, 0.25) is 0 Å². The third-order valence-electron chi connectivity index (χ3n) is 1.16. The molecule has 1 rings (SSSR count). The molecule has 9 heavy (non-hydrogen) atoms. The summed E-state index contributed by atoms with van der Waals surface area (Å²) in [7, 11) is 0. The molecule has 1 aromatic carbocycles. The maximum Gasteiger partial charge on any atom is 0.135 e. The molecule has 0 aliphatic rings. The molecule has 0 aromatic heterocycles. The first kappa shape index (κ1) is 6.27. The molecule has 0 N–H and O–H groups in total. The van der Waals surface area contributed by atoms with Gasteiger partial charge in [-0.05, 0) is 5.56 Å². The lowest BCUT2D eigenvalue weighted by molar-refractivity contribution is 0.599. The first-order valence-corrected chi connectivity index (χ1v) is 2.89. The Morgan fingerprint density at radius 1 is 1.22 bits per heavy atom. The molecule has 1 radical (unpaired) electrons. The van der Waals surface area contributed by atoms with Crippen LogP contribution in [0, 0.1) is 6.67 Å². The highest BCUT2D eigenvalue weighted by Gasteiger charge is 1.87. The molecule has 0 spiro atoms. The topological polar surface area (TPSA) is 0 Å². The molecule has 0 heterocycles. The number of hydrogen-bond donors (Lipinski definition) is 0. The summed E-state index contributed by atoms with van der Waals surface area (Å²) in [5, 5.41) is 0. The Kier molecular flexibility index (Phi) is 2.25. The van der Waals surface area contributed by atoms with Crippen molar-refractivity contribution in [3.63, 3.8) is 0 Å². The van der Waals surface area contributed by atoms with Gasteiger partial charge < -0.3 is 0 Å². The van der Waals surface area contributed by atoms with Crippen molar-refractivity contribution in [3.8, 4) is 0 Å². The van der Waals surface area contributed by atoms with Crippen molar-refractivity contribution in [2.45, 2.75) is 6.42 Å². The van der Waals surface area contributed by atoms with E-state index in [1.807, 2.05) is 30.3 Å². The van der Waals surface area contributed by atoms with Gasteiger partial charge in [-0.3, -0.25) is 0 Å². The Morgan fingerprint density at radius 3 is 2.44 bits per heavy atom. The molecule has 0 aliphatic carbocycles. The summed E-state index contributed by atoms with van der Waals surface area (Å²) in [5.74, 6) is 0. The Hall–Kier alpha value is -0.850. The molecule has 0 bridgehead atoms. The summed E-state index contributed by atoms with van der Waals surface area (Å²) >= 11 is 0. The summed E-state index contributed by atoms with van der Waals surface area (Å²) in [6, 6.07) is 9.52. The predicted octanol–water partition coefficient (Wildman–Crippen LogP) is 2.36. The SMILES string of the molecule is F[CH]Cc1ccccc1. The van der Waals surface area contributed by atoms with E-state index in [9.17, 15) is 4.39 Å². The Labute approximate surface area is 54.3 Å². The van der Waals surface area contributed by atoms with Gasteiger partial charge in [-0.15, -0.1) is 0 Å². The highest BCUT2D eigenvalue weighted by molar-refractivity contribution is 5.15. The van der Waals surface area contributed by atoms with E-state index in [2.05, 4.69) is 0 Å². The van der Waals surface area contributed by atoms with Crippen LogP contribution in [0.2, 0.25) is 0 Å². The number of hydrogen-bond acceptors (Lipinski definition) is 0. The lowest BCUT2D eigenvalue weighted by Crippen LogP contribution is -1.78. The van der Waals surface area contributed by atoms with Crippen LogP contribution in [0.25, 0.3) is 0 Å². The van der Waals surface area contributed by atoms with Crippen molar-refractivity contribution in [3.05, 3.63) is 42.6 Å². The van der Waals surface area contributed by atoms with Crippen LogP contribution < -0.4 is 0 Å². The van der Waals surface area contributed by atoms with E-state index in [4.69, 9.17) is 0 Å². The predicted molar refractivity (Wildman–Crippen MR) is 35.6 cm³/mol. The number of benzene rings is 1. The van der Waals surface area contributed by atoms with E-state index < -0.39 is 0 Å². The van der Waals surface area contributed by atoms with E-state index in [0.29, 0.717) is 13.1 Å². The largest absolute Gasteiger partial charge is 0.244 e. The Morgan fingerprint density at radius 2 is 1.89 bits per heavy atom. The lowest BCUT2D eigenvalue weighted by atomic mass is 10.2. The highest BCUT2D eigenvalue weighted by atomic mass is 19.1. The molecule has 47 valence electrons. The zero-order valence-corrected chi connectivity index (χ0v) is 5.05. The summed E-state index contributed by atoms with van der Waals surface area (Å²) in [6.07, 6.45) is 0.418. The molecular weight excluding hydrogens is 115 g/mol. The van der Waals surface area contributed by atoms with Crippen LogP contribution in [0.4, 0.5) is 4.39 Å². The van der Waals surface area contributed by atoms with Gasteiger partial charge in [0.1, 0.15) is 6.67 Å². The van der Waals surface area contributed by atoms with Crippen molar-refractivity contribution >= 4 is 0 Å². The number of halogens is 1. The average molecular weight is 123 g/mol. The minimum absolute atomic E-state index is 0.418. The molecule has 0 atom stereocenters. The molecule has 0 nitrogen and oxygen atoms in total. The lowest BCUT2D eigenvalue weighted by Gasteiger charge is -1.91. The van der Waals surface area contributed by atoms with Gasteiger partial charge in [0.05, 0.1) is 0 Å². The van der Waals surface area contributed by atoms with E-state index >= 15 is 0 Å². The molecule has 1 aromatic rings.